The number of aromatic carboxylic acids is 1. The van der Waals surface area contributed by atoms with E-state index >= 15 is 0 Å². The van der Waals surface area contributed by atoms with Crippen molar-refractivity contribution in [3.8, 4) is 0 Å². The van der Waals surface area contributed by atoms with Gasteiger partial charge in [0.1, 0.15) is 0 Å². The maximum atomic E-state index is 12.0. The lowest BCUT2D eigenvalue weighted by Crippen LogP contribution is -2.20. The van der Waals surface area contributed by atoms with Crippen molar-refractivity contribution < 1.29 is 18.7 Å². The number of carboxylic acid groups (broad SMARTS) is 1. The van der Waals surface area contributed by atoms with Crippen LogP contribution in [0.4, 0.5) is 11.4 Å². The van der Waals surface area contributed by atoms with Gasteiger partial charge in [-0.25, -0.2) is 4.79 Å². The van der Waals surface area contributed by atoms with Gasteiger partial charge in [0.05, 0.1) is 28.2 Å². The minimum Gasteiger partial charge on any atom is -0.755 e. The summed E-state index contributed by atoms with van der Waals surface area (Å²) < 4.78 is 25.4. The van der Waals surface area contributed by atoms with E-state index in [4.69, 9.17) is 0 Å². The molecule has 5 nitrogen and oxygen atoms in total. The normalized spacial score (nSPS) is 11.8. The lowest BCUT2D eigenvalue weighted by Gasteiger charge is -2.28. The summed E-state index contributed by atoms with van der Waals surface area (Å²) in [7, 11) is 0. The average molecular weight is 437 g/mol. The topological polar surface area (TPSA) is 80.7 Å². The molecule has 0 aliphatic heterocycles. The van der Waals surface area contributed by atoms with Crippen LogP contribution in [0.2, 0.25) is 0 Å². The predicted molar refractivity (Wildman–Crippen MR) is 123 cm³/mol. The molecule has 31 heavy (non-hydrogen) atoms. The number of rotatable bonds is 10. The molecule has 3 aromatic carbocycles. The minimum absolute atomic E-state index is 0.361. The molecule has 0 aromatic heterocycles. The third kappa shape index (κ3) is 6.03. The van der Waals surface area contributed by atoms with E-state index in [1.54, 1.807) is 12.1 Å². The van der Waals surface area contributed by atoms with Crippen molar-refractivity contribution in [3.63, 3.8) is 0 Å². The number of carboxylic acids is 1. The zero-order valence-electron chi connectivity index (χ0n) is 17.5. The Balaban J connectivity index is 1.65. The van der Waals surface area contributed by atoms with Crippen LogP contribution in [0.25, 0.3) is 0 Å². The third-order valence-electron chi connectivity index (χ3n) is 5.27. The van der Waals surface area contributed by atoms with Crippen molar-refractivity contribution in [2.24, 2.45) is 0 Å². The number of carbonyl (C=O) groups is 1. The highest BCUT2D eigenvalue weighted by Gasteiger charge is 2.14. The molecule has 0 saturated carbocycles. The summed E-state index contributed by atoms with van der Waals surface area (Å²) in [5.74, 6) is -0.897. The molecule has 0 radical (unpaired) electrons. The summed E-state index contributed by atoms with van der Waals surface area (Å²) in [5.41, 5.74) is 4.52. The quantitative estimate of drug-likeness (QED) is 0.332. The fraction of sp³-hybridized carbons (Fsp3) is 0.240. The summed E-state index contributed by atoms with van der Waals surface area (Å²) in [6.45, 7) is 1.96. The molecule has 162 valence electrons. The first-order chi connectivity index (χ1) is 15.0. The summed E-state index contributed by atoms with van der Waals surface area (Å²) in [6, 6.07) is 22.1. The molecular formula is C25H26NO4S-. The van der Waals surface area contributed by atoms with Gasteiger partial charge in [-0.3, -0.25) is 8.51 Å². The van der Waals surface area contributed by atoms with Gasteiger partial charge < -0.3 is 9.66 Å². The molecule has 0 aliphatic carbocycles. The standard InChI is InChI=1S/C25H27NO4S/c1-19-15-17-22(18-16-19)26(31(29)30)24-14-8-6-12-21(24)11-4-2-3-9-20-10-5-7-13-23(20)25(27)28/h5-8,10,12-18H,2-4,9,11H2,1H3,(H,27,28)(H,29,30)/p-1. The van der Waals surface area contributed by atoms with Crippen molar-refractivity contribution >= 4 is 28.6 Å². The number of hydrogen-bond donors (Lipinski definition) is 1. The van der Waals surface area contributed by atoms with Crippen molar-refractivity contribution in [3.05, 3.63) is 95.1 Å². The molecule has 0 amide bonds. The second-order valence-electron chi connectivity index (χ2n) is 7.50. The molecule has 6 heteroatoms. The van der Waals surface area contributed by atoms with Gasteiger partial charge in [0, 0.05) is 0 Å². The molecule has 0 aliphatic rings. The van der Waals surface area contributed by atoms with Gasteiger partial charge in [-0.2, -0.15) is 0 Å². The van der Waals surface area contributed by atoms with E-state index in [2.05, 4.69) is 0 Å². The van der Waals surface area contributed by atoms with Crippen molar-refractivity contribution in [2.45, 2.75) is 39.0 Å². The smallest absolute Gasteiger partial charge is 0.335 e. The third-order valence-corrected chi connectivity index (χ3v) is 5.97. The Morgan fingerprint density at radius 1 is 0.871 bits per heavy atom. The first kappa shape index (κ1) is 22.7. The molecule has 3 aromatic rings. The van der Waals surface area contributed by atoms with Gasteiger partial charge in [0.2, 0.25) is 0 Å². The minimum atomic E-state index is -2.44. The molecule has 3 rings (SSSR count). The van der Waals surface area contributed by atoms with Crippen LogP contribution in [-0.4, -0.2) is 19.8 Å². The summed E-state index contributed by atoms with van der Waals surface area (Å²) in [6.07, 6.45) is 4.15. The second kappa shape index (κ2) is 10.9. The number of aryl methyl sites for hydroxylation is 3. The van der Waals surface area contributed by atoms with Crippen molar-refractivity contribution in [1.82, 2.24) is 0 Å². The molecule has 0 fully saturated rings. The zero-order valence-corrected chi connectivity index (χ0v) is 18.3. The fourth-order valence-corrected chi connectivity index (χ4v) is 4.29. The Morgan fingerprint density at radius 2 is 1.45 bits per heavy atom. The number of nitrogens with zero attached hydrogens (tertiary/aromatic N) is 1. The van der Waals surface area contributed by atoms with Crippen LogP contribution in [-0.2, 0) is 24.1 Å². The van der Waals surface area contributed by atoms with Gasteiger partial charge in [-0.05, 0) is 68.0 Å². The molecular weight excluding hydrogens is 410 g/mol. The van der Waals surface area contributed by atoms with Gasteiger partial charge in [0.15, 0.2) is 0 Å². The predicted octanol–water partition coefficient (Wildman–Crippen LogP) is 5.58. The van der Waals surface area contributed by atoms with E-state index in [9.17, 15) is 18.7 Å². The monoisotopic (exact) mass is 436 g/mol. The highest BCUT2D eigenvalue weighted by atomic mass is 32.2. The number of benzene rings is 3. The van der Waals surface area contributed by atoms with Crippen molar-refractivity contribution in [2.75, 3.05) is 4.31 Å². The Bertz CT molecular complexity index is 1050. The molecule has 0 heterocycles. The Labute approximate surface area is 185 Å². The lowest BCUT2D eigenvalue weighted by molar-refractivity contribution is 0.0695. The van der Waals surface area contributed by atoms with Gasteiger partial charge >= 0.3 is 5.97 Å². The lowest BCUT2D eigenvalue weighted by atomic mass is 9.99. The Hall–Kier alpha value is -2.96. The molecule has 1 atom stereocenters. The highest BCUT2D eigenvalue weighted by Crippen LogP contribution is 2.31. The molecule has 1 N–H and O–H groups in total. The van der Waals surface area contributed by atoms with Crippen LogP contribution in [0.5, 0.6) is 0 Å². The highest BCUT2D eigenvalue weighted by molar-refractivity contribution is 7.81. The van der Waals surface area contributed by atoms with E-state index in [1.165, 1.54) is 4.31 Å². The molecule has 0 bridgehead atoms. The van der Waals surface area contributed by atoms with Gasteiger partial charge in [-0.1, -0.05) is 60.5 Å². The summed E-state index contributed by atoms with van der Waals surface area (Å²) >= 11 is -2.44. The largest absolute Gasteiger partial charge is 0.755 e. The summed E-state index contributed by atoms with van der Waals surface area (Å²) in [4.78, 5) is 11.3. The van der Waals surface area contributed by atoms with Crippen LogP contribution in [0.1, 0.15) is 46.3 Å². The van der Waals surface area contributed by atoms with E-state index in [0.717, 1.165) is 42.4 Å². The maximum absolute atomic E-state index is 12.0. The molecule has 0 spiro atoms. The van der Waals surface area contributed by atoms with Crippen LogP contribution in [0.3, 0.4) is 0 Å². The first-order valence-electron chi connectivity index (χ1n) is 10.3. The number of hydrogen-bond acceptors (Lipinski definition) is 3. The van der Waals surface area contributed by atoms with Gasteiger partial charge in [0.25, 0.3) is 0 Å². The van der Waals surface area contributed by atoms with E-state index in [0.29, 0.717) is 23.4 Å². The number of anilines is 2. The van der Waals surface area contributed by atoms with Crippen LogP contribution < -0.4 is 4.31 Å². The number of para-hydroxylation sites is 1. The van der Waals surface area contributed by atoms with E-state index < -0.39 is 17.2 Å². The Kier molecular flexibility index (Phi) is 7.98. The fourth-order valence-electron chi connectivity index (χ4n) is 3.66. The van der Waals surface area contributed by atoms with Crippen LogP contribution >= 0.6 is 0 Å². The Morgan fingerprint density at radius 3 is 2.10 bits per heavy atom. The molecule has 1 unspecified atom stereocenters. The van der Waals surface area contributed by atoms with Crippen LogP contribution in [0, 0.1) is 6.92 Å². The van der Waals surface area contributed by atoms with Crippen molar-refractivity contribution in [1.29, 1.82) is 0 Å². The SMILES string of the molecule is Cc1ccc(N(c2ccccc2CCCCCc2ccccc2C(=O)O)S(=O)[O-])cc1. The molecule has 0 saturated heterocycles. The second-order valence-corrected chi connectivity index (χ2v) is 8.30. The average Bonchev–Trinajstić information content (AvgIpc) is 2.76. The van der Waals surface area contributed by atoms with Gasteiger partial charge in [-0.15, -0.1) is 0 Å². The van der Waals surface area contributed by atoms with E-state index in [-0.39, 0.29) is 0 Å². The summed E-state index contributed by atoms with van der Waals surface area (Å²) in [5, 5.41) is 9.30. The first-order valence-corrected chi connectivity index (χ1v) is 11.4. The van der Waals surface area contributed by atoms with Crippen LogP contribution in [0.15, 0.2) is 72.8 Å². The maximum Gasteiger partial charge on any atom is 0.335 e. The van der Waals surface area contributed by atoms with E-state index in [1.807, 2.05) is 67.6 Å². The number of unbranched alkanes of at least 4 members (excludes halogenated alkanes) is 2. The zero-order chi connectivity index (χ0) is 22.2.